The van der Waals surface area contributed by atoms with Crippen LogP contribution in [-0.2, 0) is 20.6 Å². The van der Waals surface area contributed by atoms with Gasteiger partial charge in [-0.15, -0.1) is 0 Å². The molecule has 0 aliphatic carbocycles. The van der Waals surface area contributed by atoms with Crippen LogP contribution < -0.4 is 0 Å². The van der Waals surface area contributed by atoms with Crippen molar-refractivity contribution < 1.29 is 12.6 Å². The highest BCUT2D eigenvalue weighted by atomic mass is 32.2. The predicted octanol–water partition coefficient (Wildman–Crippen LogP) is 2.14. The Morgan fingerprint density at radius 2 is 1.38 bits per heavy atom. The monoisotopic (exact) mass is 268 g/mol. The average molecular weight is 268 g/mol. The number of hydrogen-bond acceptors (Lipinski definition) is 3. The van der Waals surface area contributed by atoms with Crippen molar-refractivity contribution in [3.8, 4) is 0 Å². The average Bonchev–Trinajstić information content (AvgIpc) is 2.23. The SMILES string of the molecule is CCCCS(=O)CCCS(=O)(=O)CCCC. The zero-order chi connectivity index (χ0) is 12.4. The van der Waals surface area contributed by atoms with E-state index in [0.29, 0.717) is 17.9 Å². The molecule has 16 heavy (non-hydrogen) atoms. The summed E-state index contributed by atoms with van der Waals surface area (Å²) in [7, 11) is -3.72. The molecular formula is C11H24O3S2. The molecular weight excluding hydrogens is 244 g/mol. The van der Waals surface area contributed by atoms with E-state index in [1.807, 2.05) is 6.92 Å². The summed E-state index contributed by atoms with van der Waals surface area (Å²) in [6, 6.07) is 0. The van der Waals surface area contributed by atoms with Crippen LogP contribution in [0, 0.1) is 0 Å². The summed E-state index contributed by atoms with van der Waals surface area (Å²) in [4.78, 5) is 0. The number of sulfone groups is 1. The van der Waals surface area contributed by atoms with Gasteiger partial charge < -0.3 is 0 Å². The van der Waals surface area contributed by atoms with Crippen molar-refractivity contribution in [2.75, 3.05) is 23.0 Å². The van der Waals surface area contributed by atoms with Crippen LogP contribution in [0.1, 0.15) is 46.0 Å². The lowest BCUT2D eigenvalue weighted by molar-refractivity contribution is 0.591. The molecule has 3 nitrogen and oxygen atoms in total. The smallest absolute Gasteiger partial charge is 0.150 e. The number of hydrogen-bond donors (Lipinski definition) is 0. The highest BCUT2D eigenvalue weighted by Gasteiger charge is 2.10. The molecule has 0 saturated carbocycles. The van der Waals surface area contributed by atoms with Gasteiger partial charge in [-0.2, -0.15) is 0 Å². The highest BCUT2D eigenvalue weighted by molar-refractivity contribution is 7.91. The molecule has 98 valence electrons. The van der Waals surface area contributed by atoms with Crippen LogP contribution in [0.25, 0.3) is 0 Å². The second kappa shape index (κ2) is 9.16. The Morgan fingerprint density at radius 3 is 1.94 bits per heavy atom. The van der Waals surface area contributed by atoms with Gasteiger partial charge in [-0.1, -0.05) is 26.7 Å². The highest BCUT2D eigenvalue weighted by Crippen LogP contribution is 2.01. The molecule has 1 atom stereocenters. The first-order valence-corrected chi connectivity index (χ1v) is 9.38. The van der Waals surface area contributed by atoms with E-state index in [0.717, 1.165) is 25.7 Å². The zero-order valence-corrected chi connectivity index (χ0v) is 12.0. The fraction of sp³-hybridized carbons (Fsp3) is 1.00. The van der Waals surface area contributed by atoms with Crippen LogP contribution in [0.4, 0.5) is 0 Å². The first kappa shape index (κ1) is 16.1. The zero-order valence-electron chi connectivity index (χ0n) is 10.4. The third-order valence-electron chi connectivity index (χ3n) is 2.36. The molecule has 0 spiro atoms. The number of unbranched alkanes of at least 4 members (excludes halogenated alkanes) is 2. The fourth-order valence-electron chi connectivity index (χ4n) is 1.31. The molecule has 0 heterocycles. The first-order chi connectivity index (χ1) is 7.52. The minimum absolute atomic E-state index is 0.199. The summed E-state index contributed by atoms with van der Waals surface area (Å²) in [6.45, 7) is 4.04. The molecule has 0 aromatic heterocycles. The van der Waals surface area contributed by atoms with Gasteiger partial charge in [-0.25, -0.2) is 8.42 Å². The summed E-state index contributed by atoms with van der Waals surface area (Å²) in [5.41, 5.74) is 0. The standard InChI is InChI=1S/C11H24O3S2/c1-3-5-8-15(12)9-7-11-16(13,14)10-6-4-2/h3-11H2,1-2H3. The molecule has 0 aliphatic rings. The van der Waals surface area contributed by atoms with Crippen molar-refractivity contribution >= 4 is 20.6 Å². The molecule has 0 aliphatic heterocycles. The van der Waals surface area contributed by atoms with Crippen LogP contribution in [0.5, 0.6) is 0 Å². The van der Waals surface area contributed by atoms with Crippen LogP contribution in [0.15, 0.2) is 0 Å². The summed E-state index contributed by atoms with van der Waals surface area (Å²) in [5.74, 6) is 1.73. The van der Waals surface area contributed by atoms with E-state index in [9.17, 15) is 12.6 Å². The lowest BCUT2D eigenvalue weighted by atomic mass is 10.4. The third-order valence-corrected chi connectivity index (χ3v) is 5.67. The van der Waals surface area contributed by atoms with Gasteiger partial charge in [0.1, 0.15) is 9.84 Å². The van der Waals surface area contributed by atoms with E-state index >= 15 is 0 Å². The largest absolute Gasteiger partial charge is 0.260 e. The molecule has 0 bridgehead atoms. The van der Waals surface area contributed by atoms with Crippen LogP contribution in [0.3, 0.4) is 0 Å². The van der Waals surface area contributed by atoms with Crippen molar-refractivity contribution in [2.24, 2.45) is 0 Å². The van der Waals surface area contributed by atoms with Gasteiger partial charge in [0, 0.05) is 22.3 Å². The Morgan fingerprint density at radius 1 is 0.875 bits per heavy atom. The van der Waals surface area contributed by atoms with Crippen molar-refractivity contribution in [3.63, 3.8) is 0 Å². The maximum absolute atomic E-state index is 11.5. The van der Waals surface area contributed by atoms with Gasteiger partial charge in [0.05, 0.1) is 11.5 Å². The van der Waals surface area contributed by atoms with E-state index < -0.39 is 20.6 Å². The molecule has 0 fully saturated rings. The van der Waals surface area contributed by atoms with Gasteiger partial charge >= 0.3 is 0 Å². The van der Waals surface area contributed by atoms with Crippen LogP contribution in [0.2, 0.25) is 0 Å². The number of rotatable bonds is 10. The maximum Gasteiger partial charge on any atom is 0.150 e. The van der Waals surface area contributed by atoms with Crippen molar-refractivity contribution in [3.05, 3.63) is 0 Å². The van der Waals surface area contributed by atoms with Gasteiger partial charge in [-0.05, 0) is 19.3 Å². The lowest BCUT2D eigenvalue weighted by Crippen LogP contribution is -2.14. The predicted molar refractivity (Wildman–Crippen MR) is 71.0 cm³/mol. The van der Waals surface area contributed by atoms with E-state index in [1.165, 1.54) is 0 Å². The minimum Gasteiger partial charge on any atom is -0.260 e. The molecule has 0 rings (SSSR count). The lowest BCUT2D eigenvalue weighted by Gasteiger charge is -2.03. The van der Waals surface area contributed by atoms with Gasteiger partial charge in [0.15, 0.2) is 0 Å². The Kier molecular flexibility index (Phi) is 9.22. The van der Waals surface area contributed by atoms with Gasteiger partial charge in [0.2, 0.25) is 0 Å². The molecule has 5 heteroatoms. The Balaban J connectivity index is 3.68. The van der Waals surface area contributed by atoms with Gasteiger partial charge in [0.25, 0.3) is 0 Å². The van der Waals surface area contributed by atoms with Crippen molar-refractivity contribution in [2.45, 2.75) is 46.0 Å². The quantitative estimate of drug-likeness (QED) is 0.610. The molecule has 0 aromatic carbocycles. The molecule has 0 amide bonds. The molecule has 0 N–H and O–H groups in total. The van der Waals surface area contributed by atoms with Gasteiger partial charge in [-0.3, -0.25) is 4.21 Å². The third kappa shape index (κ3) is 9.33. The molecule has 0 saturated heterocycles. The second-order valence-corrected chi connectivity index (χ2v) is 8.06. The molecule has 0 radical (unpaired) electrons. The van der Waals surface area contributed by atoms with Crippen LogP contribution in [-0.4, -0.2) is 35.6 Å². The van der Waals surface area contributed by atoms with E-state index in [1.54, 1.807) is 0 Å². The fourth-order valence-corrected chi connectivity index (χ4v) is 4.29. The summed E-state index contributed by atoms with van der Waals surface area (Å²) >= 11 is 0. The van der Waals surface area contributed by atoms with E-state index in [4.69, 9.17) is 0 Å². The van der Waals surface area contributed by atoms with Crippen molar-refractivity contribution in [1.29, 1.82) is 0 Å². The van der Waals surface area contributed by atoms with E-state index in [-0.39, 0.29) is 11.5 Å². The second-order valence-electron chi connectivity index (χ2n) is 4.06. The van der Waals surface area contributed by atoms with Crippen LogP contribution >= 0.6 is 0 Å². The summed E-state index contributed by atoms with van der Waals surface area (Å²) < 4.78 is 34.4. The topological polar surface area (TPSA) is 51.2 Å². The Hall–Kier alpha value is 0.1000. The first-order valence-electron chi connectivity index (χ1n) is 6.07. The minimum atomic E-state index is -2.89. The molecule has 1 unspecified atom stereocenters. The Bertz CT molecular complexity index is 284. The summed E-state index contributed by atoms with van der Waals surface area (Å²) in [5, 5.41) is 0. The van der Waals surface area contributed by atoms with Crippen molar-refractivity contribution in [1.82, 2.24) is 0 Å². The maximum atomic E-state index is 11.5. The summed E-state index contributed by atoms with van der Waals surface area (Å²) in [6.07, 6.45) is 4.20. The Labute approximate surface area is 102 Å². The molecule has 0 aromatic rings. The van der Waals surface area contributed by atoms with E-state index in [2.05, 4.69) is 6.92 Å². The normalized spacial score (nSPS) is 13.9.